The van der Waals surface area contributed by atoms with Crippen molar-refractivity contribution < 1.29 is 19.1 Å². The van der Waals surface area contributed by atoms with Crippen LogP contribution in [0, 0.1) is 6.92 Å². The summed E-state index contributed by atoms with van der Waals surface area (Å²) in [6.07, 6.45) is 0. The summed E-state index contributed by atoms with van der Waals surface area (Å²) in [4.78, 5) is 58.0. The smallest absolute Gasteiger partial charge is 0.323 e. The Kier molecular flexibility index (Phi) is 6.69. The van der Waals surface area contributed by atoms with Gasteiger partial charge in [0.05, 0.1) is 18.1 Å². The lowest BCUT2D eigenvalue weighted by Crippen LogP contribution is -2.37. The molecule has 0 bridgehead atoms. The van der Waals surface area contributed by atoms with Gasteiger partial charge >= 0.3 is 5.97 Å². The van der Waals surface area contributed by atoms with Crippen molar-refractivity contribution in [3.63, 3.8) is 0 Å². The second-order valence-electron chi connectivity index (χ2n) is 8.63. The van der Waals surface area contributed by atoms with Crippen LogP contribution in [0.1, 0.15) is 43.5 Å². The van der Waals surface area contributed by atoms with Gasteiger partial charge in [-0.2, -0.15) is 0 Å². The Labute approximate surface area is 195 Å². The van der Waals surface area contributed by atoms with Gasteiger partial charge in [-0.3, -0.25) is 19.2 Å². The van der Waals surface area contributed by atoms with Gasteiger partial charge in [0.25, 0.3) is 11.5 Å². The molecule has 0 fully saturated rings. The van der Waals surface area contributed by atoms with Crippen molar-refractivity contribution in [2.24, 2.45) is 0 Å². The number of hydrogen-bond donors (Lipinski definition) is 2. The molecule has 1 atom stereocenters. The highest BCUT2D eigenvalue weighted by Crippen LogP contribution is 2.32. The summed E-state index contributed by atoms with van der Waals surface area (Å²) in [5.41, 5.74) is 1.11. The van der Waals surface area contributed by atoms with E-state index in [0.717, 1.165) is 18.2 Å². The number of rotatable bonds is 5. The van der Waals surface area contributed by atoms with Crippen LogP contribution in [0.3, 0.4) is 0 Å². The Hall–Kier alpha value is -3.52. The van der Waals surface area contributed by atoms with Crippen LogP contribution in [0.5, 0.6) is 0 Å². The molecule has 0 saturated heterocycles. The first-order chi connectivity index (χ1) is 15.4. The van der Waals surface area contributed by atoms with Gasteiger partial charge in [-0.15, -0.1) is 0 Å². The molecule has 0 saturated carbocycles. The lowest BCUT2D eigenvalue weighted by molar-refractivity contribution is -0.148. The molecule has 0 spiro atoms. The first-order valence-electron chi connectivity index (χ1n) is 10.2. The Bertz CT molecular complexity index is 1320. The van der Waals surface area contributed by atoms with Crippen molar-refractivity contribution in [3.05, 3.63) is 68.6 Å². The second kappa shape index (κ2) is 9.15. The topological polar surface area (TPSA) is 118 Å². The Morgan fingerprint density at radius 1 is 1.15 bits per heavy atom. The number of hydrogen-bond acceptors (Lipinski definition) is 6. The zero-order valence-corrected chi connectivity index (χ0v) is 19.7. The summed E-state index contributed by atoms with van der Waals surface area (Å²) in [5.74, 6) is -5.11. The number of ether oxygens (including phenoxy) is 1. The summed E-state index contributed by atoms with van der Waals surface area (Å²) < 4.78 is 4.72. The maximum Gasteiger partial charge on any atom is 0.323 e. The Morgan fingerprint density at radius 3 is 2.48 bits per heavy atom. The van der Waals surface area contributed by atoms with E-state index in [4.69, 9.17) is 16.3 Å². The van der Waals surface area contributed by atoms with Crippen molar-refractivity contribution in [1.82, 2.24) is 9.97 Å². The number of carbonyl (C=O) groups is 3. The maximum absolute atomic E-state index is 13.1. The number of methoxy groups -OCH3 is 1. The van der Waals surface area contributed by atoms with Crippen LogP contribution in [0.2, 0.25) is 5.02 Å². The van der Waals surface area contributed by atoms with Gasteiger partial charge < -0.3 is 15.0 Å². The predicted molar refractivity (Wildman–Crippen MR) is 126 cm³/mol. The van der Waals surface area contributed by atoms with Crippen LogP contribution in [0.4, 0.5) is 5.69 Å². The Balaban J connectivity index is 2.05. The number of amides is 1. The molecule has 1 amide bonds. The maximum atomic E-state index is 13.1. The minimum absolute atomic E-state index is 0.296. The third kappa shape index (κ3) is 4.96. The third-order valence-electron chi connectivity index (χ3n) is 5.20. The molecule has 8 nitrogen and oxygen atoms in total. The monoisotopic (exact) mass is 469 g/mol. The highest BCUT2D eigenvalue weighted by atomic mass is 35.5. The fourth-order valence-corrected chi connectivity index (χ4v) is 3.67. The molecule has 1 unspecified atom stereocenters. The number of aromatic amines is 1. The van der Waals surface area contributed by atoms with Gasteiger partial charge in [0.2, 0.25) is 5.78 Å². The number of anilines is 1. The highest BCUT2D eigenvalue weighted by molar-refractivity contribution is 6.45. The van der Waals surface area contributed by atoms with Crippen LogP contribution in [-0.2, 0) is 24.5 Å². The molecule has 33 heavy (non-hydrogen) atoms. The summed E-state index contributed by atoms with van der Waals surface area (Å²) >= 11 is 5.94. The van der Waals surface area contributed by atoms with E-state index >= 15 is 0 Å². The van der Waals surface area contributed by atoms with E-state index in [0.29, 0.717) is 21.7 Å². The lowest BCUT2D eigenvalue weighted by atomic mass is 9.84. The van der Waals surface area contributed by atoms with Crippen molar-refractivity contribution in [3.8, 4) is 0 Å². The second-order valence-corrected chi connectivity index (χ2v) is 9.07. The van der Waals surface area contributed by atoms with Crippen molar-refractivity contribution in [2.75, 3.05) is 12.4 Å². The van der Waals surface area contributed by atoms with Gasteiger partial charge in [0.15, 0.2) is 5.92 Å². The molecule has 9 heteroatoms. The fourth-order valence-electron chi connectivity index (χ4n) is 3.49. The fraction of sp³-hybridized carbons (Fsp3) is 0.292. The van der Waals surface area contributed by atoms with E-state index in [9.17, 15) is 19.2 Å². The average molecular weight is 470 g/mol. The minimum atomic E-state index is -1.83. The first kappa shape index (κ1) is 24.1. The molecule has 3 rings (SSSR count). The zero-order valence-electron chi connectivity index (χ0n) is 18.9. The van der Waals surface area contributed by atoms with Gasteiger partial charge in [-0.1, -0.05) is 50.6 Å². The van der Waals surface area contributed by atoms with E-state index < -0.39 is 34.8 Å². The van der Waals surface area contributed by atoms with Crippen molar-refractivity contribution in [1.29, 1.82) is 0 Å². The number of halogens is 1. The van der Waals surface area contributed by atoms with Crippen molar-refractivity contribution in [2.45, 2.75) is 39.0 Å². The number of fused-ring (bicyclic) bond motifs is 1. The van der Waals surface area contributed by atoms with Crippen LogP contribution in [-0.4, -0.2) is 34.7 Å². The number of H-pyrrole nitrogens is 1. The quantitative estimate of drug-likeness (QED) is 0.334. The molecule has 0 aliphatic rings. The largest absolute Gasteiger partial charge is 0.468 e. The molecular formula is C24H24ClN3O5. The number of aromatic nitrogens is 2. The van der Waals surface area contributed by atoms with Gasteiger partial charge in [0.1, 0.15) is 5.69 Å². The minimum Gasteiger partial charge on any atom is -0.468 e. The predicted octanol–water partition coefficient (Wildman–Crippen LogP) is 3.65. The number of Topliss-reactive ketones (excluding diaryl/α,β-unsaturated/α-hetero) is 1. The number of aryl methyl sites for hydroxylation is 1. The standard InChI is InChI=1S/C24H24ClN3O5/c1-12-7-6-8-14(24(2,3)4)18(12)28-22(31)20(29)17(23(32)33-5)19-21(30)27-16-11-13(25)9-10-15(16)26-19/h6-11,17H,1-5H3,(H,27,30)(H,28,31). The van der Waals surface area contributed by atoms with Crippen molar-refractivity contribution >= 4 is 46.0 Å². The summed E-state index contributed by atoms with van der Waals surface area (Å²) in [5, 5.41) is 3.00. The molecule has 2 aromatic carbocycles. The molecule has 1 heterocycles. The number of para-hydroxylation sites is 1. The van der Waals surface area contributed by atoms with E-state index in [2.05, 4.69) is 15.3 Å². The normalized spacial score (nSPS) is 12.3. The summed E-state index contributed by atoms with van der Waals surface area (Å²) in [7, 11) is 1.06. The first-order valence-corrected chi connectivity index (χ1v) is 10.5. The van der Waals surface area contributed by atoms with E-state index in [1.165, 1.54) is 12.1 Å². The third-order valence-corrected chi connectivity index (χ3v) is 5.43. The molecule has 0 radical (unpaired) electrons. The molecule has 1 aromatic heterocycles. The number of benzene rings is 2. The number of carbonyl (C=O) groups excluding carboxylic acids is 3. The zero-order chi connectivity index (χ0) is 24.5. The molecule has 172 valence electrons. The molecule has 0 aliphatic carbocycles. The van der Waals surface area contributed by atoms with Gasteiger partial charge in [-0.25, -0.2) is 4.98 Å². The summed E-state index contributed by atoms with van der Waals surface area (Å²) in [6, 6.07) is 10.1. The van der Waals surface area contributed by atoms with Gasteiger partial charge in [0, 0.05) is 10.7 Å². The van der Waals surface area contributed by atoms with Crippen LogP contribution < -0.4 is 10.9 Å². The molecule has 3 aromatic rings. The Morgan fingerprint density at radius 2 is 1.85 bits per heavy atom. The lowest BCUT2D eigenvalue weighted by Gasteiger charge is -2.24. The van der Waals surface area contributed by atoms with E-state index in [-0.39, 0.29) is 5.41 Å². The number of esters is 1. The average Bonchev–Trinajstić information content (AvgIpc) is 2.74. The number of nitrogens with zero attached hydrogens (tertiary/aromatic N) is 1. The number of ketones is 1. The van der Waals surface area contributed by atoms with Crippen LogP contribution >= 0.6 is 11.6 Å². The van der Waals surface area contributed by atoms with E-state index in [1.54, 1.807) is 19.1 Å². The van der Waals surface area contributed by atoms with E-state index in [1.807, 2.05) is 32.9 Å². The number of nitrogens with one attached hydrogen (secondary N) is 2. The summed E-state index contributed by atoms with van der Waals surface area (Å²) in [6.45, 7) is 7.72. The molecule has 0 aliphatic heterocycles. The molecular weight excluding hydrogens is 446 g/mol. The van der Waals surface area contributed by atoms with Crippen LogP contribution in [0.15, 0.2) is 41.2 Å². The van der Waals surface area contributed by atoms with Gasteiger partial charge in [-0.05, 0) is 41.7 Å². The molecule has 2 N–H and O–H groups in total. The highest BCUT2D eigenvalue weighted by Gasteiger charge is 2.38. The van der Waals surface area contributed by atoms with Crippen LogP contribution in [0.25, 0.3) is 11.0 Å². The SMILES string of the molecule is COC(=O)C(C(=O)C(=O)Nc1c(C)cccc1C(C)(C)C)c1nc2ccc(Cl)cc2[nH]c1=O.